The smallest absolute Gasteiger partial charge is 0.429 e. The Morgan fingerprint density at radius 3 is 2.74 bits per heavy atom. The number of Topliss-reactive ketones (excluding diaryl/α,β-unsaturated/α-hetero) is 1. The molecule has 2 amide bonds. The maximum Gasteiger partial charge on any atom is 0.429 e. The molecular weight excluding hydrogens is 357 g/mol. The van der Waals surface area contributed by atoms with E-state index in [0.717, 1.165) is 10.0 Å². The molecule has 1 unspecified atom stereocenters. The molecule has 1 aromatic rings. The molecule has 2 heterocycles. The molecule has 0 aromatic heterocycles. The fraction of sp³-hybridized carbons (Fsp3) is 0.471. The summed E-state index contributed by atoms with van der Waals surface area (Å²) in [7, 11) is 0. The van der Waals surface area contributed by atoms with Gasteiger partial charge in [-0.3, -0.25) is 9.59 Å². The van der Waals surface area contributed by atoms with Gasteiger partial charge >= 0.3 is 6.09 Å². The number of hydrogen-bond acceptors (Lipinski definition) is 7. The topological polar surface area (TPSA) is 117 Å². The summed E-state index contributed by atoms with van der Waals surface area (Å²) < 4.78 is 19.6. The van der Waals surface area contributed by atoms with Crippen LogP contribution in [0.15, 0.2) is 24.3 Å². The Kier molecular flexibility index (Phi) is 5.68. The Balaban J connectivity index is 1.92. The van der Waals surface area contributed by atoms with Gasteiger partial charge in [-0.1, -0.05) is 12.1 Å². The largest absolute Gasteiger partial charge is 0.441 e. The van der Waals surface area contributed by atoms with E-state index < -0.39 is 36.0 Å². The number of carbonyl (C=O) groups excluding carboxylic acids is 3. The van der Waals surface area contributed by atoms with Gasteiger partial charge in [0.1, 0.15) is 35.5 Å². The molecule has 3 rings (SSSR count). The summed E-state index contributed by atoms with van der Waals surface area (Å²) in [6.07, 6.45) is -1.79. The number of ketones is 1. The summed E-state index contributed by atoms with van der Waals surface area (Å²) in [6, 6.07) is 3.97. The van der Waals surface area contributed by atoms with Crippen molar-refractivity contribution in [1.82, 2.24) is 15.6 Å². The molecule has 9 nitrogen and oxygen atoms in total. The van der Waals surface area contributed by atoms with Crippen LogP contribution in [0.25, 0.3) is 0 Å². The third-order valence-corrected chi connectivity index (χ3v) is 4.56. The molecule has 0 spiro atoms. The second kappa shape index (κ2) is 7.99. The zero-order valence-electron chi connectivity index (χ0n) is 14.9. The van der Waals surface area contributed by atoms with Gasteiger partial charge in [-0.15, -0.1) is 0 Å². The number of cyclic esters (lactones) is 1. The quantitative estimate of drug-likeness (QED) is 0.624. The van der Waals surface area contributed by atoms with Crippen molar-refractivity contribution in [2.45, 2.75) is 25.1 Å². The summed E-state index contributed by atoms with van der Waals surface area (Å²) in [6.45, 7) is 2.75. The molecule has 0 aliphatic carbocycles. The summed E-state index contributed by atoms with van der Waals surface area (Å²) in [5.74, 6) is -1.53. The van der Waals surface area contributed by atoms with Gasteiger partial charge in [0.15, 0.2) is 0 Å². The highest BCUT2D eigenvalue weighted by molar-refractivity contribution is 5.99. The molecule has 2 aliphatic rings. The lowest BCUT2D eigenvalue weighted by atomic mass is 10.1. The Morgan fingerprint density at radius 1 is 1.37 bits per heavy atom. The third-order valence-electron chi connectivity index (χ3n) is 4.56. The monoisotopic (exact) mass is 379 g/mol. The first-order valence-corrected chi connectivity index (χ1v) is 8.67. The predicted molar refractivity (Wildman–Crippen MR) is 94.2 cm³/mol. The van der Waals surface area contributed by atoms with Crippen LogP contribution in [0.4, 0.5) is 14.9 Å². The van der Waals surface area contributed by atoms with E-state index in [4.69, 9.17) is 10.5 Å². The molecular formula is C17H22FN5O4. The number of carbonyl (C=O) groups is 3. The standard InChI is InChI=1S/C17H22FN5O4/c1-10(24)15(19)14-9-22(17(26)27-14)23(13-5-3-2-4-11(13)18)16(25)12-8-20-6-7-21-12/h2-5,12,14-15,20-21H,6-9,19H2,1H3/t12-,14+,15?/m1/s1. The molecule has 3 atom stereocenters. The number of rotatable bonds is 5. The van der Waals surface area contributed by atoms with E-state index in [1.165, 1.54) is 25.1 Å². The highest BCUT2D eigenvalue weighted by Gasteiger charge is 2.44. The Hall–Kier alpha value is -2.56. The fourth-order valence-electron chi connectivity index (χ4n) is 3.05. The van der Waals surface area contributed by atoms with E-state index in [1.54, 1.807) is 6.07 Å². The number of hydrazine groups is 1. The lowest BCUT2D eigenvalue weighted by molar-refractivity contribution is -0.123. The predicted octanol–water partition coefficient (Wildman–Crippen LogP) is -0.628. The van der Waals surface area contributed by atoms with Gasteiger partial charge in [0.05, 0.1) is 6.54 Å². The number of benzene rings is 1. The Bertz CT molecular complexity index is 740. The summed E-state index contributed by atoms with van der Waals surface area (Å²) in [5.41, 5.74) is 5.70. The van der Waals surface area contributed by atoms with Crippen LogP contribution < -0.4 is 21.4 Å². The van der Waals surface area contributed by atoms with Crippen molar-refractivity contribution in [2.24, 2.45) is 5.73 Å². The molecule has 1 aromatic carbocycles. The third kappa shape index (κ3) is 3.92. The van der Waals surface area contributed by atoms with Crippen molar-refractivity contribution in [1.29, 1.82) is 0 Å². The van der Waals surface area contributed by atoms with Gasteiger partial charge in [-0.05, 0) is 19.1 Å². The minimum atomic E-state index is -1.02. The summed E-state index contributed by atoms with van der Waals surface area (Å²) in [4.78, 5) is 37.0. The Labute approximate surface area is 155 Å². The molecule has 0 radical (unpaired) electrons. The second-order valence-corrected chi connectivity index (χ2v) is 6.45. The van der Waals surface area contributed by atoms with E-state index in [2.05, 4.69) is 10.6 Å². The van der Waals surface area contributed by atoms with E-state index >= 15 is 0 Å². The molecule has 27 heavy (non-hydrogen) atoms. The van der Waals surface area contributed by atoms with Crippen LogP contribution in [-0.4, -0.2) is 67.2 Å². The van der Waals surface area contributed by atoms with Gasteiger partial charge in [0.2, 0.25) is 0 Å². The van der Waals surface area contributed by atoms with Crippen LogP contribution in [0, 0.1) is 5.82 Å². The van der Waals surface area contributed by atoms with Crippen molar-refractivity contribution < 1.29 is 23.5 Å². The molecule has 0 bridgehead atoms. The minimum absolute atomic E-state index is 0.0798. The average molecular weight is 379 g/mol. The van der Waals surface area contributed by atoms with Crippen LogP contribution in [0.3, 0.4) is 0 Å². The number of hydrogen-bond donors (Lipinski definition) is 3. The van der Waals surface area contributed by atoms with Crippen LogP contribution in [-0.2, 0) is 14.3 Å². The van der Waals surface area contributed by atoms with Gasteiger partial charge in [0.25, 0.3) is 5.91 Å². The summed E-state index contributed by atoms with van der Waals surface area (Å²) in [5, 5.41) is 8.08. The van der Waals surface area contributed by atoms with Crippen molar-refractivity contribution >= 4 is 23.5 Å². The van der Waals surface area contributed by atoms with Crippen LogP contribution in [0.2, 0.25) is 0 Å². The molecule has 146 valence electrons. The molecule has 4 N–H and O–H groups in total. The lowest BCUT2D eigenvalue weighted by Crippen LogP contribution is -2.61. The number of ether oxygens (including phenoxy) is 1. The first kappa shape index (κ1) is 19.2. The second-order valence-electron chi connectivity index (χ2n) is 6.45. The molecule has 0 saturated carbocycles. The number of anilines is 1. The normalized spacial score (nSPS) is 23.7. The maximum atomic E-state index is 14.4. The van der Waals surface area contributed by atoms with E-state index in [9.17, 15) is 18.8 Å². The molecule has 2 fully saturated rings. The van der Waals surface area contributed by atoms with Crippen molar-refractivity contribution in [3.63, 3.8) is 0 Å². The molecule has 2 saturated heterocycles. The van der Waals surface area contributed by atoms with Crippen molar-refractivity contribution in [3.05, 3.63) is 30.1 Å². The van der Waals surface area contributed by atoms with Gasteiger partial charge in [-0.2, -0.15) is 0 Å². The van der Waals surface area contributed by atoms with Crippen molar-refractivity contribution in [2.75, 3.05) is 31.2 Å². The van der Waals surface area contributed by atoms with E-state index in [1.807, 2.05) is 0 Å². The highest BCUT2D eigenvalue weighted by atomic mass is 19.1. The zero-order chi connectivity index (χ0) is 19.6. The average Bonchev–Trinajstić information content (AvgIpc) is 3.04. The van der Waals surface area contributed by atoms with Gasteiger partial charge in [0, 0.05) is 19.6 Å². The number of para-hydroxylation sites is 1. The van der Waals surface area contributed by atoms with Crippen LogP contribution in [0.1, 0.15) is 6.92 Å². The number of nitrogens with two attached hydrogens (primary N) is 1. The Morgan fingerprint density at radius 2 is 2.11 bits per heavy atom. The highest BCUT2D eigenvalue weighted by Crippen LogP contribution is 2.26. The fourth-order valence-corrected chi connectivity index (χ4v) is 3.05. The number of nitrogens with zero attached hydrogens (tertiary/aromatic N) is 2. The maximum absolute atomic E-state index is 14.4. The summed E-state index contributed by atoms with van der Waals surface area (Å²) >= 11 is 0. The zero-order valence-corrected chi connectivity index (χ0v) is 14.9. The first-order valence-electron chi connectivity index (χ1n) is 8.67. The van der Waals surface area contributed by atoms with Gasteiger partial charge in [-0.25, -0.2) is 19.2 Å². The lowest BCUT2D eigenvalue weighted by Gasteiger charge is -2.34. The minimum Gasteiger partial charge on any atom is -0.441 e. The van der Waals surface area contributed by atoms with Crippen molar-refractivity contribution in [3.8, 4) is 0 Å². The van der Waals surface area contributed by atoms with Crippen LogP contribution >= 0.6 is 0 Å². The first-order chi connectivity index (χ1) is 12.9. The number of piperazine rings is 1. The number of nitrogens with one attached hydrogen (secondary N) is 2. The van der Waals surface area contributed by atoms with Crippen LogP contribution in [0.5, 0.6) is 0 Å². The van der Waals surface area contributed by atoms with Gasteiger partial charge < -0.3 is 21.1 Å². The number of halogens is 1. The molecule has 2 aliphatic heterocycles. The molecule has 10 heteroatoms. The number of amides is 2. The van der Waals surface area contributed by atoms with E-state index in [-0.39, 0.29) is 18.0 Å². The van der Waals surface area contributed by atoms with E-state index in [0.29, 0.717) is 19.6 Å². The SMILES string of the molecule is CC(=O)C(N)[C@@H]1CN(N(C(=O)[C@H]2CNCCN2)c2ccccc2F)C(=O)O1.